The van der Waals surface area contributed by atoms with Crippen molar-refractivity contribution in [2.45, 2.75) is 30.3 Å². The Morgan fingerprint density at radius 3 is 3.00 bits per heavy atom. The molecule has 1 N–H and O–H groups in total. The lowest BCUT2D eigenvalue weighted by molar-refractivity contribution is 0.102. The monoisotopic (exact) mass is 444 g/mol. The van der Waals surface area contributed by atoms with Crippen LogP contribution in [0.25, 0.3) is 0 Å². The van der Waals surface area contributed by atoms with Gasteiger partial charge in [0.2, 0.25) is 0 Å². The van der Waals surface area contributed by atoms with E-state index in [-0.39, 0.29) is 12.0 Å². The third kappa shape index (κ3) is 5.60. The number of carbonyl (C=O) groups is 1. The van der Waals surface area contributed by atoms with Gasteiger partial charge in [-0.2, -0.15) is 0 Å². The van der Waals surface area contributed by atoms with Crippen molar-refractivity contribution in [1.29, 1.82) is 0 Å². The van der Waals surface area contributed by atoms with E-state index in [0.717, 1.165) is 52.0 Å². The molecule has 2 aromatic carbocycles. The molecule has 0 unspecified atom stereocenters. The van der Waals surface area contributed by atoms with Gasteiger partial charge >= 0.3 is 0 Å². The zero-order valence-corrected chi connectivity index (χ0v) is 18.2. The number of nitrogens with one attached hydrogen (secondary N) is 1. The molecule has 1 aliphatic heterocycles. The zero-order valence-electron chi connectivity index (χ0n) is 15.8. The molecule has 0 spiro atoms. The summed E-state index contributed by atoms with van der Waals surface area (Å²) in [5, 5.41) is 4.26. The van der Waals surface area contributed by atoms with Crippen LogP contribution in [0.4, 0.5) is 5.13 Å². The van der Waals surface area contributed by atoms with Crippen LogP contribution >= 0.6 is 34.7 Å². The third-order valence-corrected chi connectivity index (χ3v) is 6.98. The van der Waals surface area contributed by atoms with E-state index in [1.165, 1.54) is 11.3 Å². The Hall–Kier alpha value is -1.86. The molecule has 1 aromatic heterocycles. The standard InChI is InChI=1S/C22H21ClN2O2S2/c23-16-6-3-5-15(11-16)12-18-13-24-22(29-18)25-21(26)19-8-1-2-9-20(19)28-14-17-7-4-10-27-17/h1-3,5-6,8-9,11,13,17H,4,7,10,12,14H2,(H,24,25,26)/t17-/m0/s1. The first-order chi connectivity index (χ1) is 14.2. The molecular formula is C22H21ClN2O2S2. The molecule has 1 saturated heterocycles. The van der Waals surface area contributed by atoms with Gasteiger partial charge in [-0.15, -0.1) is 23.1 Å². The first-order valence-corrected chi connectivity index (χ1v) is 11.7. The number of amides is 1. The Balaban J connectivity index is 1.40. The van der Waals surface area contributed by atoms with Crippen LogP contribution in [-0.4, -0.2) is 29.4 Å². The molecule has 1 amide bonds. The first kappa shape index (κ1) is 20.4. The fourth-order valence-electron chi connectivity index (χ4n) is 3.20. The smallest absolute Gasteiger partial charge is 0.258 e. The largest absolute Gasteiger partial charge is 0.377 e. The van der Waals surface area contributed by atoms with Crippen molar-refractivity contribution in [3.63, 3.8) is 0 Å². The summed E-state index contributed by atoms with van der Waals surface area (Å²) in [7, 11) is 0. The van der Waals surface area contributed by atoms with Crippen LogP contribution in [0.1, 0.15) is 33.6 Å². The van der Waals surface area contributed by atoms with Crippen LogP contribution in [0.2, 0.25) is 5.02 Å². The van der Waals surface area contributed by atoms with Gasteiger partial charge in [0.25, 0.3) is 5.91 Å². The van der Waals surface area contributed by atoms with E-state index in [1.807, 2.05) is 48.5 Å². The Morgan fingerprint density at radius 2 is 2.17 bits per heavy atom. The van der Waals surface area contributed by atoms with Crippen molar-refractivity contribution in [2.75, 3.05) is 17.7 Å². The first-order valence-electron chi connectivity index (χ1n) is 9.51. The maximum Gasteiger partial charge on any atom is 0.258 e. The normalized spacial score (nSPS) is 16.1. The average Bonchev–Trinajstić information content (AvgIpc) is 3.39. The van der Waals surface area contributed by atoms with Gasteiger partial charge in [0.05, 0.1) is 11.7 Å². The average molecular weight is 445 g/mol. The highest BCUT2D eigenvalue weighted by Gasteiger charge is 2.18. The summed E-state index contributed by atoms with van der Waals surface area (Å²) in [5.74, 6) is 0.731. The van der Waals surface area contributed by atoms with Gasteiger partial charge in [-0.3, -0.25) is 10.1 Å². The second-order valence-corrected chi connectivity index (χ2v) is 9.45. The van der Waals surface area contributed by atoms with Gasteiger partial charge in [-0.1, -0.05) is 35.9 Å². The maximum absolute atomic E-state index is 12.8. The minimum Gasteiger partial charge on any atom is -0.377 e. The lowest BCUT2D eigenvalue weighted by atomic mass is 10.1. The second kappa shape index (κ2) is 9.76. The molecule has 4 nitrogen and oxygen atoms in total. The van der Waals surface area contributed by atoms with Crippen molar-refractivity contribution in [2.24, 2.45) is 0 Å². The highest BCUT2D eigenvalue weighted by Crippen LogP contribution is 2.28. The van der Waals surface area contributed by atoms with E-state index in [4.69, 9.17) is 16.3 Å². The topological polar surface area (TPSA) is 51.2 Å². The molecule has 0 radical (unpaired) electrons. The molecular weight excluding hydrogens is 424 g/mol. The van der Waals surface area contributed by atoms with E-state index in [9.17, 15) is 4.79 Å². The molecule has 0 saturated carbocycles. The quantitative estimate of drug-likeness (QED) is 0.460. The Kier molecular flexibility index (Phi) is 6.87. The number of anilines is 1. The number of thioether (sulfide) groups is 1. The van der Waals surface area contributed by atoms with Crippen molar-refractivity contribution in [1.82, 2.24) is 4.98 Å². The van der Waals surface area contributed by atoms with Gasteiger partial charge in [0, 0.05) is 39.8 Å². The van der Waals surface area contributed by atoms with Crippen molar-refractivity contribution in [3.8, 4) is 0 Å². The number of carbonyl (C=O) groups excluding carboxylic acids is 1. The summed E-state index contributed by atoms with van der Waals surface area (Å²) < 4.78 is 5.69. The predicted octanol–water partition coefficient (Wildman–Crippen LogP) is 5.91. The molecule has 7 heteroatoms. The number of rotatable bonds is 7. The fraction of sp³-hybridized carbons (Fsp3) is 0.273. The van der Waals surface area contributed by atoms with E-state index >= 15 is 0 Å². The van der Waals surface area contributed by atoms with E-state index in [1.54, 1.807) is 18.0 Å². The molecule has 3 aromatic rings. The number of nitrogens with zero attached hydrogens (tertiary/aromatic N) is 1. The lowest BCUT2D eigenvalue weighted by Crippen LogP contribution is -2.13. The van der Waals surface area contributed by atoms with Gasteiger partial charge < -0.3 is 4.74 Å². The maximum atomic E-state index is 12.8. The SMILES string of the molecule is O=C(Nc1ncc(Cc2cccc(Cl)c2)s1)c1ccccc1SC[C@@H]1CCCO1. The minimum atomic E-state index is -0.135. The van der Waals surface area contributed by atoms with Crippen LogP contribution in [0.5, 0.6) is 0 Å². The number of hydrogen-bond donors (Lipinski definition) is 1. The highest BCUT2D eigenvalue weighted by atomic mass is 35.5. The molecule has 4 rings (SSSR count). The van der Waals surface area contributed by atoms with Crippen molar-refractivity contribution in [3.05, 3.63) is 75.8 Å². The minimum absolute atomic E-state index is 0.135. The molecule has 0 bridgehead atoms. The Morgan fingerprint density at radius 1 is 1.28 bits per heavy atom. The number of benzene rings is 2. The number of ether oxygens (including phenoxy) is 1. The predicted molar refractivity (Wildman–Crippen MR) is 120 cm³/mol. The summed E-state index contributed by atoms with van der Waals surface area (Å²) in [6.07, 6.45) is 5.04. The molecule has 0 aliphatic carbocycles. The zero-order chi connectivity index (χ0) is 20.1. The van der Waals surface area contributed by atoms with Crippen LogP contribution in [-0.2, 0) is 11.2 Å². The highest BCUT2D eigenvalue weighted by molar-refractivity contribution is 7.99. The van der Waals surface area contributed by atoms with E-state index in [2.05, 4.69) is 10.3 Å². The second-order valence-electron chi connectivity index (χ2n) is 6.83. The lowest BCUT2D eigenvalue weighted by Gasteiger charge is -2.11. The number of halogens is 1. The van der Waals surface area contributed by atoms with Crippen molar-refractivity contribution < 1.29 is 9.53 Å². The summed E-state index contributed by atoms with van der Waals surface area (Å²) in [6.45, 7) is 0.842. The van der Waals surface area contributed by atoms with Gasteiger partial charge in [0.15, 0.2) is 5.13 Å². The Bertz CT molecular complexity index is 986. The van der Waals surface area contributed by atoms with E-state index in [0.29, 0.717) is 10.7 Å². The summed E-state index contributed by atoms with van der Waals surface area (Å²) in [5.41, 5.74) is 1.79. The fourth-order valence-corrected chi connectivity index (χ4v) is 5.37. The Labute approximate surface area is 183 Å². The number of hydrogen-bond acceptors (Lipinski definition) is 5. The molecule has 1 atom stereocenters. The number of aromatic nitrogens is 1. The molecule has 1 fully saturated rings. The molecule has 1 aliphatic rings. The van der Waals surface area contributed by atoms with Crippen LogP contribution in [0, 0.1) is 0 Å². The van der Waals surface area contributed by atoms with Gasteiger partial charge in [-0.25, -0.2) is 4.98 Å². The molecule has 29 heavy (non-hydrogen) atoms. The summed E-state index contributed by atoms with van der Waals surface area (Å²) >= 11 is 9.22. The van der Waals surface area contributed by atoms with Crippen molar-refractivity contribution >= 4 is 45.7 Å². The molecule has 2 heterocycles. The molecule has 150 valence electrons. The van der Waals surface area contributed by atoms with Crippen LogP contribution in [0.3, 0.4) is 0 Å². The van der Waals surface area contributed by atoms with Gasteiger partial charge in [0.1, 0.15) is 0 Å². The summed E-state index contributed by atoms with van der Waals surface area (Å²) in [6, 6.07) is 15.5. The van der Waals surface area contributed by atoms with Crippen LogP contribution < -0.4 is 5.32 Å². The van der Waals surface area contributed by atoms with E-state index < -0.39 is 0 Å². The number of thiazole rings is 1. The third-order valence-electron chi connectivity index (χ3n) is 4.62. The van der Waals surface area contributed by atoms with Crippen LogP contribution in [0.15, 0.2) is 59.6 Å². The summed E-state index contributed by atoms with van der Waals surface area (Å²) in [4.78, 5) is 19.2. The van der Waals surface area contributed by atoms with Gasteiger partial charge in [-0.05, 0) is 42.7 Å².